The number of aryl methyl sites for hydroxylation is 1. The third-order valence-electron chi connectivity index (χ3n) is 3.34. The van der Waals surface area contributed by atoms with E-state index in [0.29, 0.717) is 11.4 Å². The molecule has 2 heterocycles. The number of phenolic OH excluding ortho intramolecular Hbond substituents is 2. The second kappa shape index (κ2) is 4.23. The zero-order valence-electron chi connectivity index (χ0n) is 11.3. The number of imidazole rings is 1. The van der Waals surface area contributed by atoms with Crippen molar-refractivity contribution in [1.29, 1.82) is 0 Å². The van der Waals surface area contributed by atoms with Gasteiger partial charge in [0.2, 0.25) is 0 Å². The lowest BCUT2D eigenvalue weighted by molar-refractivity contribution is 0.404. The molecular formula is C13H12N4O4. The minimum atomic E-state index is -0.477. The maximum Gasteiger partial charge on any atom is 0.332 e. The monoisotopic (exact) mass is 288 g/mol. The molecule has 0 saturated carbocycles. The summed E-state index contributed by atoms with van der Waals surface area (Å²) >= 11 is 0. The number of H-pyrrole nitrogens is 1. The third kappa shape index (κ3) is 1.80. The van der Waals surface area contributed by atoms with E-state index in [1.165, 1.54) is 36.9 Å². The summed E-state index contributed by atoms with van der Waals surface area (Å²) in [5, 5.41) is 18.8. The van der Waals surface area contributed by atoms with Gasteiger partial charge in [-0.1, -0.05) is 0 Å². The van der Waals surface area contributed by atoms with Crippen LogP contribution in [0.15, 0.2) is 27.8 Å². The Morgan fingerprint density at radius 1 is 1.10 bits per heavy atom. The van der Waals surface area contributed by atoms with Gasteiger partial charge in [-0.05, 0) is 18.2 Å². The van der Waals surface area contributed by atoms with Crippen molar-refractivity contribution >= 4 is 11.2 Å². The first-order valence-corrected chi connectivity index (χ1v) is 6.08. The van der Waals surface area contributed by atoms with Crippen molar-refractivity contribution in [2.75, 3.05) is 0 Å². The van der Waals surface area contributed by atoms with Crippen molar-refractivity contribution in [2.24, 2.45) is 14.1 Å². The van der Waals surface area contributed by atoms with Crippen LogP contribution < -0.4 is 11.2 Å². The molecule has 8 heteroatoms. The number of aromatic amines is 1. The van der Waals surface area contributed by atoms with Gasteiger partial charge in [0, 0.05) is 19.7 Å². The molecule has 108 valence electrons. The Morgan fingerprint density at radius 3 is 2.48 bits per heavy atom. The molecule has 0 amide bonds. The summed E-state index contributed by atoms with van der Waals surface area (Å²) in [7, 11) is 2.90. The van der Waals surface area contributed by atoms with E-state index in [-0.39, 0.29) is 22.7 Å². The number of benzene rings is 1. The number of nitrogens with one attached hydrogen (secondary N) is 1. The molecule has 0 fully saturated rings. The van der Waals surface area contributed by atoms with Crippen LogP contribution in [0.25, 0.3) is 22.6 Å². The van der Waals surface area contributed by atoms with Gasteiger partial charge in [0.15, 0.2) is 17.1 Å². The molecule has 3 N–H and O–H groups in total. The average Bonchev–Trinajstić information content (AvgIpc) is 2.91. The second-order valence-corrected chi connectivity index (χ2v) is 4.69. The van der Waals surface area contributed by atoms with E-state index in [1.54, 1.807) is 0 Å². The molecule has 0 bridgehead atoms. The van der Waals surface area contributed by atoms with Gasteiger partial charge in [-0.25, -0.2) is 9.78 Å². The van der Waals surface area contributed by atoms with Gasteiger partial charge >= 0.3 is 5.69 Å². The Bertz CT molecular complexity index is 980. The highest BCUT2D eigenvalue weighted by molar-refractivity contribution is 5.76. The van der Waals surface area contributed by atoms with Crippen LogP contribution in [-0.4, -0.2) is 29.3 Å². The van der Waals surface area contributed by atoms with Crippen LogP contribution in [0.5, 0.6) is 11.5 Å². The van der Waals surface area contributed by atoms with E-state index >= 15 is 0 Å². The van der Waals surface area contributed by atoms with E-state index < -0.39 is 11.2 Å². The normalized spacial score (nSPS) is 11.1. The summed E-state index contributed by atoms with van der Waals surface area (Å²) in [6.45, 7) is 0. The Morgan fingerprint density at radius 2 is 1.81 bits per heavy atom. The molecule has 0 atom stereocenters. The van der Waals surface area contributed by atoms with Crippen molar-refractivity contribution in [1.82, 2.24) is 19.1 Å². The lowest BCUT2D eigenvalue weighted by Gasteiger charge is -2.00. The van der Waals surface area contributed by atoms with Gasteiger partial charge in [-0.3, -0.25) is 13.9 Å². The van der Waals surface area contributed by atoms with Gasteiger partial charge < -0.3 is 15.2 Å². The van der Waals surface area contributed by atoms with E-state index in [1.807, 2.05) is 0 Å². The fourth-order valence-electron chi connectivity index (χ4n) is 2.13. The second-order valence-electron chi connectivity index (χ2n) is 4.69. The Labute approximate surface area is 117 Å². The third-order valence-corrected chi connectivity index (χ3v) is 3.34. The molecule has 0 aliphatic heterocycles. The van der Waals surface area contributed by atoms with Crippen LogP contribution in [0.1, 0.15) is 0 Å². The number of hydrogen-bond acceptors (Lipinski definition) is 5. The zero-order valence-corrected chi connectivity index (χ0v) is 11.3. The summed E-state index contributed by atoms with van der Waals surface area (Å²) in [5.74, 6) is -0.230. The lowest BCUT2D eigenvalue weighted by atomic mass is 10.2. The minimum Gasteiger partial charge on any atom is -0.504 e. The number of phenols is 2. The Hall–Kier alpha value is -3.03. The summed E-state index contributed by atoms with van der Waals surface area (Å²) < 4.78 is 2.25. The highest BCUT2D eigenvalue weighted by atomic mass is 16.3. The first-order chi connectivity index (χ1) is 9.90. The molecule has 0 aliphatic rings. The van der Waals surface area contributed by atoms with Crippen molar-refractivity contribution in [3.8, 4) is 22.9 Å². The number of hydrogen-bond donors (Lipinski definition) is 3. The summed E-state index contributed by atoms with van der Waals surface area (Å²) in [5.41, 5.74) is -0.0437. The number of nitrogens with zero attached hydrogens (tertiary/aromatic N) is 3. The molecular weight excluding hydrogens is 276 g/mol. The number of aromatic hydroxyl groups is 2. The molecule has 0 spiro atoms. The van der Waals surface area contributed by atoms with Crippen molar-refractivity contribution in [3.05, 3.63) is 39.0 Å². The summed E-state index contributed by atoms with van der Waals surface area (Å²) in [4.78, 5) is 31.0. The molecule has 21 heavy (non-hydrogen) atoms. The topological polar surface area (TPSA) is 113 Å². The zero-order chi connectivity index (χ0) is 15.3. The largest absolute Gasteiger partial charge is 0.504 e. The first-order valence-electron chi connectivity index (χ1n) is 6.08. The van der Waals surface area contributed by atoms with Crippen LogP contribution in [0.3, 0.4) is 0 Å². The predicted molar refractivity (Wildman–Crippen MR) is 75.3 cm³/mol. The molecule has 0 unspecified atom stereocenters. The van der Waals surface area contributed by atoms with Crippen LogP contribution >= 0.6 is 0 Å². The van der Waals surface area contributed by atoms with Crippen LogP contribution in [0.4, 0.5) is 0 Å². The summed E-state index contributed by atoms with van der Waals surface area (Å²) in [6.07, 6.45) is 0. The van der Waals surface area contributed by atoms with Gasteiger partial charge in [-0.2, -0.15) is 0 Å². The van der Waals surface area contributed by atoms with E-state index in [2.05, 4.69) is 9.97 Å². The molecule has 1 aromatic carbocycles. The van der Waals surface area contributed by atoms with E-state index in [9.17, 15) is 19.8 Å². The number of fused-ring (bicyclic) bond motifs is 1. The molecule has 3 aromatic rings. The maximum absolute atomic E-state index is 12.1. The standard InChI is InChI=1S/C13H12N4O4/c1-16-11-9(12(20)17(2)13(16)21)14-10(15-11)6-3-4-7(18)8(19)5-6/h3-5,18-19H,1-2H3,(H,14,15). The molecule has 3 rings (SSSR count). The minimum absolute atomic E-state index is 0.196. The Kier molecular flexibility index (Phi) is 2.62. The average molecular weight is 288 g/mol. The van der Waals surface area contributed by atoms with Crippen molar-refractivity contribution < 1.29 is 10.2 Å². The molecule has 0 saturated heterocycles. The van der Waals surface area contributed by atoms with Crippen LogP contribution in [0.2, 0.25) is 0 Å². The lowest BCUT2D eigenvalue weighted by Crippen LogP contribution is -2.36. The molecule has 0 aliphatic carbocycles. The fraction of sp³-hybridized carbons (Fsp3) is 0.154. The highest BCUT2D eigenvalue weighted by Gasteiger charge is 2.15. The number of aromatic nitrogens is 4. The van der Waals surface area contributed by atoms with E-state index in [4.69, 9.17) is 0 Å². The van der Waals surface area contributed by atoms with Crippen LogP contribution in [0, 0.1) is 0 Å². The molecule has 0 radical (unpaired) electrons. The fourth-order valence-corrected chi connectivity index (χ4v) is 2.13. The Balaban J connectivity index is 2.34. The van der Waals surface area contributed by atoms with Gasteiger partial charge in [0.25, 0.3) is 5.56 Å². The van der Waals surface area contributed by atoms with Crippen molar-refractivity contribution in [3.63, 3.8) is 0 Å². The SMILES string of the molecule is Cn1c(=O)c2[nH]c(-c3ccc(O)c(O)c3)nc2n(C)c1=O. The van der Waals surface area contributed by atoms with Gasteiger partial charge in [0.05, 0.1) is 0 Å². The predicted octanol–water partition coefficient (Wildman–Crippen LogP) is 0.0385. The molecule has 8 nitrogen and oxygen atoms in total. The maximum atomic E-state index is 12.1. The van der Waals surface area contributed by atoms with Gasteiger partial charge in [0.1, 0.15) is 11.3 Å². The summed E-state index contributed by atoms with van der Waals surface area (Å²) in [6, 6.07) is 4.17. The van der Waals surface area contributed by atoms with Gasteiger partial charge in [-0.15, -0.1) is 0 Å². The highest BCUT2D eigenvalue weighted by Crippen LogP contribution is 2.29. The van der Waals surface area contributed by atoms with Crippen LogP contribution in [-0.2, 0) is 14.1 Å². The first kappa shape index (κ1) is 13.0. The van der Waals surface area contributed by atoms with Crippen molar-refractivity contribution in [2.45, 2.75) is 0 Å². The quantitative estimate of drug-likeness (QED) is 0.547. The van der Waals surface area contributed by atoms with E-state index in [0.717, 1.165) is 4.57 Å². The number of rotatable bonds is 1. The molecule has 2 aromatic heterocycles. The smallest absolute Gasteiger partial charge is 0.332 e.